The maximum atomic E-state index is 11.9. The summed E-state index contributed by atoms with van der Waals surface area (Å²) in [4.78, 5) is 24.0. The van der Waals surface area contributed by atoms with Crippen molar-refractivity contribution >= 4 is 23.1 Å². The van der Waals surface area contributed by atoms with Crippen molar-refractivity contribution in [2.75, 3.05) is 19.7 Å². The lowest BCUT2D eigenvalue weighted by atomic mass is 9.99. The van der Waals surface area contributed by atoms with Gasteiger partial charge in [0, 0.05) is 30.6 Å². The van der Waals surface area contributed by atoms with Crippen molar-refractivity contribution in [2.45, 2.75) is 39.2 Å². The van der Waals surface area contributed by atoms with Crippen LogP contribution in [0.25, 0.3) is 0 Å². The highest BCUT2D eigenvalue weighted by Crippen LogP contribution is 2.19. The van der Waals surface area contributed by atoms with Crippen LogP contribution in [0.3, 0.4) is 0 Å². The summed E-state index contributed by atoms with van der Waals surface area (Å²) >= 11 is 5.12. The Balaban J connectivity index is 2.43. The predicted molar refractivity (Wildman–Crippen MR) is 67.7 cm³/mol. The van der Waals surface area contributed by atoms with Gasteiger partial charge in [-0.2, -0.15) is 0 Å². The largest absolute Gasteiger partial charge is 0.453 e. The summed E-state index contributed by atoms with van der Waals surface area (Å²) in [5.74, 6) is 0.133. The van der Waals surface area contributed by atoms with E-state index in [2.05, 4.69) is 0 Å². The number of piperidine rings is 1. The van der Waals surface area contributed by atoms with Gasteiger partial charge in [-0.15, -0.1) is 0 Å². The molecule has 0 aliphatic carbocycles. The van der Waals surface area contributed by atoms with Gasteiger partial charge in [-0.3, -0.25) is 0 Å². The molecule has 1 aliphatic heterocycles. The Morgan fingerprint density at radius 2 is 2.06 bits per heavy atom. The monoisotopic (exact) mass is 277 g/mol. The summed E-state index contributed by atoms with van der Waals surface area (Å²) in [6.07, 6.45) is 1.48. The highest BCUT2D eigenvalue weighted by Gasteiger charge is 2.28. The van der Waals surface area contributed by atoms with Crippen molar-refractivity contribution in [3.05, 3.63) is 0 Å². The summed E-state index contributed by atoms with van der Waals surface area (Å²) in [5, 5.41) is 0. The molecule has 0 saturated carbocycles. The van der Waals surface area contributed by atoms with Crippen LogP contribution in [0, 0.1) is 5.92 Å². The minimum absolute atomic E-state index is 0.133. The number of amides is 1. The number of ether oxygens (including phenoxy) is 2. The van der Waals surface area contributed by atoms with Gasteiger partial charge in [-0.1, -0.05) is 0 Å². The number of halogens is 1. The fourth-order valence-electron chi connectivity index (χ4n) is 1.88. The van der Waals surface area contributed by atoms with Crippen LogP contribution in [0.15, 0.2) is 0 Å². The van der Waals surface area contributed by atoms with Gasteiger partial charge in [0.25, 0.3) is 0 Å². The smallest absolute Gasteiger partial charge is 0.410 e. The highest BCUT2D eigenvalue weighted by molar-refractivity contribution is 6.61. The second-order valence-corrected chi connectivity index (χ2v) is 5.79. The number of hydrogen-bond acceptors (Lipinski definition) is 4. The van der Waals surface area contributed by atoms with E-state index in [0.717, 1.165) is 12.8 Å². The number of carbonyl (C=O) groups is 2. The van der Waals surface area contributed by atoms with Crippen molar-refractivity contribution in [1.82, 2.24) is 4.90 Å². The summed E-state index contributed by atoms with van der Waals surface area (Å²) in [5.41, 5.74) is -1.29. The van der Waals surface area contributed by atoms with E-state index in [9.17, 15) is 9.59 Å². The summed E-state index contributed by atoms with van der Waals surface area (Å²) in [7, 11) is 0. The van der Waals surface area contributed by atoms with Crippen LogP contribution in [0.1, 0.15) is 33.6 Å². The van der Waals surface area contributed by atoms with Crippen molar-refractivity contribution in [3.63, 3.8) is 0 Å². The van der Waals surface area contributed by atoms with Crippen LogP contribution in [0.2, 0.25) is 0 Å². The van der Waals surface area contributed by atoms with Crippen molar-refractivity contribution < 1.29 is 19.1 Å². The zero-order valence-electron chi connectivity index (χ0n) is 11.1. The van der Waals surface area contributed by atoms with Crippen molar-refractivity contribution in [1.29, 1.82) is 0 Å². The molecule has 1 fully saturated rings. The van der Waals surface area contributed by atoms with E-state index in [1.807, 2.05) is 20.8 Å². The van der Waals surface area contributed by atoms with E-state index < -0.39 is 11.0 Å². The maximum absolute atomic E-state index is 11.9. The summed E-state index contributed by atoms with van der Waals surface area (Å²) < 4.78 is 10.1. The molecule has 0 aromatic carbocycles. The zero-order valence-corrected chi connectivity index (χ0v) is 11.8. The first-order chi connectivity index (χ1) is 8.28. The molecule has 0 spiro atoms. The molecule has 1 atom stereocenters. The Morgan fingerprint density at radius 3 is 2.61 bits per heavy atom. The number of rotatable bonds is 2. The Hall–Kier alpha value is -0.970. The number of hydrogen-bond donors (Lipinski definition) is 0. The zero-order chi connectivity index (χ0) is 13.8. The molecule has 0 unspecified atom stereocenters. The second kappa shape index (κ2) is 6.27. The fourth-order valence-corrected chi connectivity index (χ4v) is 1.94. The third kappa shape index (κ3) is 5.58. The van der Waals surface area contributed by atoms with Crippen LogP contribution < -0.4 is 0 Å². The van der Waals surface area contributed by atoms with Crippen LogP contribution in [0.4, 0.5) is 9.59 Å². The fraction of sp³-hybridized carbons (Fsp3) is 0.833. The van der Waals surface area contributed by atoms with Gasteiger partial charge in [-0.25, -0.2) is 9.59 Å². The lowest BCUT2D eigenvalue weighted by Crippen LogP contribution is -2.43. The van der Waals surface area contributed by atoms with Gasteiger partial charge in [-0.05, 0) is 33.6 Å². The first-order valence-corrected chi connectivity index (χ1v) is 6.46. The topological polar surface area (TPSA) is 55.8 Å². The SMILES string of the molecule is CC(C)(C)OC(=O)N1CCC[C@H](COC(=O)Cl)C1. The van der Waals surface area contributed by atoms with E-state index in [1.54, 1.807) is 4.90 Å². The molecular formula is C12H20ClNO4. The number of carbonyl (C=O) groups excluding carboxylic acids is 2. The van der Waals surface area contributed by atoms with Gasteiger partial charge in [0.2, 0.25) is 0 Å². The molecule has 18 heavy (non-hydrogen) atoms. The van der Waals surface area contributed by atoms with Crippen molar-refractivity contribution in [2.24, 2.45) is 5.92 Å². The van der Waals surface area contributed by atoms with E-state index >= 15 is 0 Å². The Morgan fingerprint density at radius 1 is 1.39 bits per heavy atom. The second-order valence-electron chi connectivity index (χ2n) is 5.48. The molecule has 1 rings (SSSR count). The molecule has 6 heteroatoms. The summed E-state index contributed by atoms with van der Waals surface area (Å²) in [6, 6.07) is 0. The highest BCUT2D eigenvalue weighted by atomic mass is 35.5. The molecule has 0 N–H and O–H groups in total. The number of likely N-dealkylation sites (tertiary alicyclic amines) is 1. The lowest BCUT2D eigenvalue weighted by molar-refractivity contribution is 0.0129. The summed E-state index contributed by atoms with van der Waals surface area (Å²) in [6.45, 7) is 6.98. The van der Waals surface area contributed by atoms with Crippen LogP contribution >= 0.6 is 11.6 Å². The quantitative estimate of drug-likeness (QED) is 0.728. The van der Waals surface area contributed by atoms with E-state index in [1.165, 1.54) is 0 Å². The van der Waals surface area contributed by atoms with Crippen LogP contribution in [-0.4, -0.2) is 41.7 Å². The normalized spacial score (nSPS) is 20.4. The molecule has 0 aromatic rings. The molecule has 0 aromatic heterocycles. The molecule has 5 nitrogen and oxygen atoms in total. The molecule has 1 aliphatic rings. The van der Waals surface area contributed by atoms with Crippen LogP contribution in [0.5, 0.6) is 0 Å². The lowest BCUT2D eigenvalue weighted by Gasteiger charge is -2.33. The van der Waals surface area contributed by atoms with E-state index in [-0.39, 0.29) is 18.6 Å². The molecule has 1 amide bonds. The molecule has 1 saturated heterocycles. The van der Waals surface area contributed by atoms with E-state index in [0.29, 0.717) is 13.1 Å². The first-order valence-electron chi connectivity index (χ1n) is 6.08. The van der Waals surface area contributed by atoms with E-state index in [4.69, 9.17) is 21.1 Å². The first kappa shape index (κ1) is 15.1. The molecule has 1 heterocycles. The molecule has 0 bridgehead atoms. The van der Waals surface area contributed by atoms with Gasteiger partial charge in [0.05, 0.1) is 6.61 Å². The van der Waals surface area contributed by atoms with Crippen molar-refractivity contribution in [3.8, 4) is 0 Å². The third-order valence-electron chi connectivity index (χ3n) is 2.60. The standard InChI is InChI=1S/C12H20ClNO4/c1-12(2,3)18-11(16)14-6-4-5-9(7-14)8-17-10(13)15/h9H,4-8H2,1-3H3/t9-/m0/s1. The average molecular weight is 278 g/mol. The Bertz CT molecular complexity index is 314. The molecule has 0 radical (unpaired) electrons. The molecular weight excluding hydrogens is 258 g/mol. The van der Waals surface area contributed by atoms with Gasteiger partial charge >= 0.3 is 11.5 Å². The Kier molecular flexibility index (Phi) is 5.26. The van der Waals surface area contributed by atoms with Gasteiger partial charge in [0.1, 0.15) is 5.60 Å². The minimum Gasteiger partial charge on any atom is -0.453 e. The van der Waals surface area contributed by atoms with Gasteiger partial charge < -0.3 is 14.4 Å². The van der Waals surface area contributed by atoms with Crippen LogP contribution in [-0.2, 0) is 9.47 Å². The average Bonchev–Trinajstić information content (AvgIpc) is 2.24. The Labute approximate surface area is 112 Å². The third-order valence-corrected chi connectivity index (χ3v) is 2.71. The predicted octanol–water partition coefficient (Wildman–Crippen LogP) is 3.01. The van der Waals surface area contributed by atoms with Gasteiger partial charge in [0.15, 0.2) is 0 Å². The minimum atomic E-state index is -0.801. The molecule has 104 valence electrons. The number of nitrogens with zero attached hydrogens (tertiary/aromatic N) is 1. The maximum Gasteiger partial charge on any atom is 0.410 e.